The van der Waals surface area contributed by atoms with E-state index in [1.165, 1.54) is 11.1 Å². The van der Waals surface area contributed by atoms with Gasteiger partial charge in [-0.3, -0.25) is 4.79 Å². The Kier molecular flexibility index (Phi) is 5.56. The van der Waals surface area contributed by atoms with Gasteiger partial charge in [0.1, 0.15) is 5.78 Å². The Morgan fingerprint density at radius 1 is 0.667 bits per heavy atom. The maximum Gasteiger partial charge on any atom is 0.142 e. The number of rotatable bonds is 4. The van der Waals surface area contributed by atoms with Crippen LogP contribution in [-0.2, 0) is 4.79 Å². The Bertz CT molecular complexity index is 715. The Labute approximate surface area is 163 Å². The zero-order valence-corrected chi connectivity index (χ0v) is 17.2. The molecular formula is C23H31N3O. The van der Waals surface area contributed by atoms with Gasteiger partial charge < -0.3 is 15.1 Å². The monoisotopic (exact) mass is 365 g/mol. The van der Waals surface area contributed by atoms with E-state index in [2.05, 4.69) is 63.6 Å². The molecule has 27 heavy (non-hydrogen) atoms. The van der Waals surface area contributed by atoms with Crippen LogP contribution in [0.25, 0.3) is 0 Å². The second kappa shape index (κ2) is 7.73. The number of nitrogens with zero attached hydrogens (tertiary/aromatic N) is 2. The fourth-order valence-electron chi connectivity index (χ4n) is 3.95. The van der Waals surface area contributed by atoms with Crippen molar-refractivity contribution in [2.45, 2.75) is 25.9 Å². The zero-order valence-electron chi connectivity index (χ0n) is 17.2. The number of carbonyl (C=O) groups excluding carboxylic acids is 1. The number of anilines is 2. The van der Waals surface area contributed by atoms with Crippen molar-refractivity contribution in [2.24, 2.45) is 11.8 Å². The average Bonchev–Trinajstić information content (AvgIpc) is 2.66. The number of hydrogen-bond donors (Lipinski definition) is 1. The number of piperidine rings is 1. The van der Waals surface area contributed by atoms with Gasteiger partial charge in [0, 0.05) is 63.5 Å². The van der Waals surface area contributed by atoms with E-state index in [0.29, 0.717) is 5.78 Å². The van der Waals surface area contributed by atoms with E-state index in [9.17, 15) is 4.79 Å². The smallest absolute Gasteiger partial charge is 0.142 e. The third-order valence-corrected chi connectivity index (χ3v) is 5.79. The minimum Gasteiger partial charge on any atom is -0.378 e. The molecule has 0 aliphatic carbocycles. The lowest BCUT2D eigenvalue weighted by Crippen LogP contribution is -2.46. The molecule has 2 aromatic rings. The van der Waals surface area contributed by atoms with Gasteiger partial charge in [-0.05, 0) is 35.4 Å². The van der Waals surface area contributed by atoms with Crippen molar-refractivity contribution in [3.63, 3.8) is 0 Å². The SMILES string of the molecule is C[C@@H]1C(=O)[C@@H](C)[C@H](c2ccc(N(C)C)cc2)N[C@@H]1c1ccc(N(C)C)cc1. The highest BCUT2D eigenvalue weighted by molar-refractivity contribution is 5.85. The van der Waals surface area contributed by atoms with E-state index in [-0.39, 0.29) is 23.9 Å². The summed E-state index contributed by atoms with van der Waals surface area (Å²) in [6, 6.07) is 17.1. The van der Waals surface area contributed by atoms with Crippen LogP contribution in [0.1, 0.15) is 37.1 Å². The van der Waals surface area contributed by atoms with Crippen molar-refractivity contribution in [3.05, 3.63) is 59.7 Å². The van der Waals surface area contributed by atoms with E-state index in [4.69, 9.17) is 0 Å². The fourth-order valence-corrected chi connectivity index (χ4v) is 3.95. The summed E-state index contributed by atoms with van der Waals surface area (Å²) in [7, 11) is 8.15. The van der Waals surface area contributed by atoms with Crippen molar-refractivity contribution in [3.8, 4) is 0 Å². The molecule has 1 fully saturated rings. The molecule has 0 radical (unpaired) electrons. The second-order valence-corrected chi connectivity index (χ2v) is 8.07. The molecule has 1 saturated heterocycles. The second-order valence-electron chi connectivity index (χ2n) is 8.07. The van der Waals surface area contributed by atoms with E-state index < -0.39 is 0 Å². The minimum absolute atomic E-state index is 0.0310. The van der Waals surface area contributed by atoms with Crippen molar-refractivity contribution >= 4 is 17.2 Å². The molecule has 1 heterocycles. The van der Waals surface area contributed by atoms with E-state index in [0.717, 1.165) is 11.4 Å². The maximum atomic E-state index is 13.0. The summed E-state index contributed by atoms with van der Waals surface area (Å²) in [4.78, 5) is 17.2. The Balaban J connectivity index is 1.89. The normalized spacial score (nSPS) is 25.3. The number of benzene rings is 2. The third-order valence-electron chi connectivity index (χ3n) is 5.79. The van der Waals surface area contributed by atoms with Gasteiger partial charge in [0.25, 0.3) is 0 Å². The summed E-state index contributed by atoms with van der Waals surface area (Å²) >= 11 is 0. The van der Waals surface area contributed by atoms with Crippen molar-refractivity contribution < 1.29 is 4.79 Å². The quantitative estimate of drug-likeness (QED) is 0.887. The third kappa shape index (κ3) is 3.86. The minimum atomic E-state index is -0.0393. The van der Waals surface area contributed by atoms with Crippen LogP contribution in [0, 0.1) is 11.8 Å². The van der Waals surface area contributed by atoms with Gasteiger partial charge >= 0.3 is 0 Å². The molecule has 0 saturated carbocycles. The summed E-state index contributed by atoms with van der Waals surface area (Å²) in [5.41, 5.74) is 4.67. The summed E-state index contributed by atoms with van der Waals surface area (Å²) in [6.07, 6.45) is 0. The Hall–Kier alpha value is -2.33. The lowest BCUT2D eigenvalue weighted by Gasteiger charge is -2.39. The predicted molar refractivity (Wildman–Crippen MR) is 113 cm³/mol. The summed E-state index contributed by atoms with van der Waals surface area (Å²) in [5, 5.41) is 3.77. The molecule has 0 aromatic heterocycles. The van der Waals surface area contributed by atoms with Gasteiger partial charge in [0.2, 0.25) is 0 Å². The van der Waals surface area contributed by atoms with Crippen LogP contribution in [0.3, 0.4) is 0 Å². The average molecular weight is 366 g/mol. The highest BCUT2D eigenvalue weighted by atomic mass is 16.1. The molecule has 0 spiro atoms. The van der Waals surface area contributed by atoms with Crippen molar-refractivity contribution in [2.75, 3.05) is 38.0 Å². The molecular weight excluding hydrogens is 334 g/mol. The number of carbonyl (C=O) groups is 1. The first-order chi connectivity index (χ1) is 12.8. The highest BCUT2D eigenvalue weighted by Crippen LogP contribution is 2.38. The molecule has 0 amide bonds. The van der Waals surface area contributed by atoms with E-state index >= 15 is 0 Å². The summed E-state index contributed by atoms with van der Waals surface area (Å²) in [6.45, 7) is 4.09. The van der Waals surface area contributed by atoms with Crippen LogP contribution >= 0.6 is 0 Å². The van der Waals surface area contributed by atoms with Crippen LogP contribution in [-0.4, -0.2) is 34.0 Å². The van der Waals surface area contributed by atoms with Crippen LogP contribution in [0.4, 0.5) is 11.4 Å². The summed E-state index contributed by atoms with van der Waals surface area (Å²) < 4.78 is 0. The molecule has 4 nitrogen and oxygen atoms in total. The predicted octanol–water partition coefficient (Wildman–Crippen LogP) is 4.05. The topological polar surface area (TPSA) is 35.6 Å². The standard InChI is InChI=1S/C23H31N3O/c1-15-21(17-7-11-19(12-8-17)25(3)4)24-22(16(2)23(15)27)18-9-13-20(14-10-18)26(5)6/h7-16,21-22,24H,1-6H3/t15-,16-,21-,22+/m0/s1. The molecule has 4 atom stereocenters. The first kappa shape index (κ1) is 19.4. The summed E-state index contributed by atoms with van der Waals surface area (Å²) in [5.74, 6) is 0.252. The van der Waals surface area contributed by atoms with Gasteiger partial charge in [-0.15, -0.1) is 0 Å². The maximum absolute atomic E-state index is 13.0. The molecule has 1 aliphatic heterocycles. The number of ketones is 1. The molecule has 0 bridgehead atoms. The lowest BCUT2D eigenvalue weighted by molar-refractivity contribution is -0.130. The van der Waals surface area contributed by atoms with Crippen LogP contribution in [0.2, 0.25) is 0 Å². The molecule has 0 unspecified atom stereocenters. The largest absolute Gasteiger partial charge is 0.378 e. The Morgan fingerprint density at radius 2 is 1.00 bits per heavy atom. The van der Waals surface area contributed by atoms with E-state index in [1.54, 1.807) is 0 Å². The van der Waals surface area contributed by atoms with Crippen LogP contribution in [0.15, 0.2) is 48.5 Å². The molecule has 2 aromatic carbocycles. The first-order valence-electron chi connectivity index (χ1n) is 9.64. The van der Waals surface area contributed by atoms with Gasteiger partial charge in [-0.1, -0.05) is 38.1 Å². The van der Waals surface area contributed by atoms with Crippen LogP contribution in [0.5, 0.6) is 0 Å². The van der Waals surface area contributed by atoms with Gasteiger partial charge in [-0.2, -0.15) is 0 Å². The fraction of sp³-hybridized carbons (Fsp3) is 0.435. The molecule has 144 valence electrons. The van der Waals surface area contributed by atoms with Crippen molar-refractivity contribution in [1.29, 1.82) is 0 Å². The molecule has 4 heteroatoms. The lowest BCUT2D eigenvalue weighted by atomic mass is 9.76. The number of Topliss-reactive ketones (excluding diaryl/α,β-unsaturated/α-hetero) is 1. The zero-order chi connectivity index (χ0) is 19.7. The van der Waals surface area contributed by atoms with Gasteiger partial charge in [0.15, 0.2) is 0 Å². The van der Waals surface area contributed by atoms with Gasteiger partial charge in [0.05, 0.1) is 0 Å². The van der Waals surface area contributed by atoms with Gasteiger partial charge in [-0.25, -0.2) is 0 Å². The molecule has 1 N–H and O–H groups in total. The van der Waals surface area contributed by atoms with Crippen molar-refractivity contribution in [1.82, 2.24) is 5.32 Å². The van der Waals surface area contributed by atoms with Crippen LogP contribution < -0.4 is 15.1 Å². The van der Waals surface area contributed by atoms with E-state index in [1.807, 2.05) is 42.0 Å². The number of hydrogen-bond acceptors (Lipinski definition) is 4. The molecule has 1 aliphatic rings. The highest BCUT2D eigenvalue weighted by Gasteiger charge is 2.40. The molecule has 3 rings (SSSR count). The first-order valence-corrected chi connectivity index (χ1v) is 9.64. The number of nitrogens with one attached hydrogen (secondary N) is 1. The Morgan fingerprint density at radius 3 is 1.30 bits per heavy atom.